The van der Waals surface area contributed by atoms with Gasteiger partial charge in [0.2, 0.25) is 0 Å². The molecule has 5 nitrogen and oxygen atoms in total. The smallest absolute Gasteiger partial charge is 0.435 e. The highest BCUT2D eigenvalue weighted by Gasteiger charge is 2.33. The van der Waals surface area contributed by atoms with Crippen molar-refractivity contribution in [2.75, 3.05) is 6.54 Å². The molecule has 18 heavy (non-hydrogen) atoms. The van der Waals surface area contributed by atoms with Crippen LogP contribution in [0.3, 0.4) is 0 Å². The monoisotopic (exact) mass is 265 g/mol. The van der Waals surface area contributed by atoms with Crippen molar-refractivity contribution in [1.82, 2.24) is 15.1 Å². The van der Waals surface area contributed by atoms with Crippen LogP contribution in [0.25, 0.3) is 0 Å². The van der Waals surface area contributed by atoms with Gasteiger partial charge in [0, 0.05) is 6.20 Å². The first-order valence-electron chi connectivity index (χ1n) is 5.41. The third kappa shape index (κ3) is 4.02. The van der Waals surface area contributed by atoms with Gasteiger partial charge in [-0.05, 0) is 19.0 Å². The minimum Gasteiger partial charge on any atom is -0.480 e. The van der Waals surface area contributed by atoms with Gasteiger partial charge >= 0.3 is 12.1 Å². The number of aliphatic carboxylic acids is 1. The molecule has 0 aliphatic rings. The molecule has 8 heteroatoms. The summed E-state index contributed by atoms with van der Waals surface area (Å²) in [4.78, 5) is 10.9. The van der Waals surface area contributed by atoms with Gasteiger partial charge in [-0.15, -0.1) is 0 Å². The molecule has 0 aliphatic heterocycles. The first kappa shape index (κ1) is 14.5. The van der Waals surface area contributed by atoms with E-state index in [1.807, 2.05) is 6.92 Å². The molecule has 0 saturated heterocycles. The van der Waals surface area contributed by atoms with Crippen LogP contribution in [0.15, 0.2) is 12.3 Å². The van der Waals surface area contributed by atoms with Crippen LogP contribution in [0.1, 0.15) is 19.0 Å². The van der Waals surface area contributed by atoms with Gasteiger partial charge in [-0.25, -0.2) is 0 Å². The fourth-order valence-corrected chi connectivity index (χ4v) is 1.35. The van der Waals surface area contributed by atoms with Gasteiger partial charge in [-0.1, -0.05) is 6.92 Å². The van der Waals surface area contributed by atoms with Crippen molar-refractivity contribution in [2.24, 2.45) is 0 Å². The molecule has 0 saturated carbocycles. The molecule has 0 aromatic carbocycles. The summed E-state index contributed by atoms with van der Waals surface area (Å²) in [6.07, 6.45) is -2.66. The highest BCUT2D eigenvalue weighted by atomic mass is 19.4. The molecular weight excluding hydrogens is 251 g/mol. The van der Waals surface area contributed by atoms with E-state index < -0.39 is 23.9 Å². The minimum atomic E-state index is -4.51. The Morgan fingerprint density at radius 3 is 2.72 bits per heavy atom. The molecule has 1 rings (SSSR count). The molecule has 0 bridgehead atoms. The standard InChI is InChI=1S/C10H14F3N3O2/c1-2-4-14-7(9(17)18)6-16-5-3-8(15-16)10(11,12)13/h3,5,7,14H,2,4,6H2,1H3,(H,17,18). The van der Waals surface area contributed by atoms with Crippen LogP contribution in [0.4, 0.5) is 13.2 Å². The maximum absolute atomic E-state index is 12.3. The average Bonchev–Trinajstić information content (AvgIpc) is 2.71. The first-order chi connectivity index (χ1) is 8.34. The molecule has 2 N–H and O–H groups in total. The topological polar surface area (TPSA) is 67.2 Å². The van der Waals surface area contributed by atoms with Crippen LogP contribution in [0.5, 0.6) is 0 Å². The Kier molecular flexibility index (Phi) is 4.71. The summed E-state index contributed by atoms with van der Waals surface area (Å²) >= 11 is 0. The van der Waals surface area contributed by atoms with Crippen LogP contribution < -0.4 is 5.32 Å². The molecule has 102 valence electrons. The second-order valence-electron chi connectivity index (χ2n) is 3.77. The summed E-state index contributed by atoms with van der Waals surface area (Å²) in [5.41, 5.74) is -1.03. The van der Waals surface area contributed by atoms with Crippen molar-refractivity contribution < 1.29 is 23.1 Å². The third-order valence-electron chi connectivity index (χ3n) is 2.24. The number of carboxylic acids is 1. The van der Waals surface area contributed by atoms with Crippen molar-refractivity contribution in [3.05, 3.63) is 18.0 Å². The number of hydrogen-bond donors (Lipinski definition) is 2. The fourth-order valence-electron chi connectivity index (χ4n) is 1.35. The van der Waals surface area contributed by atoms with E-state index >= 15 is 0 Å². The van der Waals surface area contributed by atoms with E-state index in [1.165, 1.54) is 0 Å². The lowest BCUT2D eigenvalue weighted by Gasteiger charge is -2.13. The number of carboxylic acid groups (broad SMARTS) is 1. The number of aromatic nitrogens is 2. The molecule has 0 amide bonds. The van der Waals surface area contributed by atoms with Crippen LogP contribution in [0.2, 0.25) is 0 Å². The summed E-state index contributed by atoms with van der Waals surface area (Å²) in [5, 5.41) is 14.9. The number of carbonyl (C=O) groups is 1. The summed E-state index contributed by atoms with van der Waals surface area (Å²) in [6, 6.07) is -0.135. The van der Waals surface area contributed by atoms with Crippen molar-refractivity contribution in [1.29, 1.82) is 0 Å². The molecule has 1 aromatic rings. The maximum atomic E-state index is 12.3. The lowest BCUT2D eigenvalue weighted by molar-refractivity contribution is -0.141. The van der Waals surface area contributed by atoms with Gasteiger partial charge in [-0.3, -0.25) is 9.48 Å². The van der Waals surface area contributed by atoms with Gasteiger partial charge < -0.3 is 10.4 Å². The number of hydrogen-bond acceptors (Lipinski definition) is 3. The van der Waals surface area contributed by atoms with E-state index in [-0.39, 0.29) is 6.54 Å². The first-order valence-corrected chi connectivity index (χ1v) is 5.41. The van der Waals surface area contributed by atoms with Gasteiger partial charge in [0.15, 0.2) is 5.69 Å². The minimum absolute atomic E-state index is 0.147. The second kappa shape index (κ2) is 5.85. The van der Waals surface area contributed by atoms with Crippen LogP contribution in [-0.2, 0) is 17.5 Å². The van der Waals surface area contributed by atoms with Crippen molar-refractivity contribution in [3.63, 3.8) is 0 Å². The Balaban J connectivity index is 2.69. The SMILES string of the molecule is CCCNC(Cn1ccc(C(F)(F)F)n1)C(=O)O. The summed E-state index contributed by atoms with van der Waals surface area (Å²) in [5.74, 6) is -1.12. The van der Waals surface area contributed by atoms with E-state index in [4.69, 9.17) is 5.11 Å². The zero-order chi connectivity index (χ0) is 13.8. The number of alkyl halides is 3. The quantitative estimate of drug-likeness (QED) is 0.815. The number of halogens is 3. The number of nitrogens with one attached hydrogen (secondary N) is 1. The van der Waals surface area contributed by atoms with Crippen molar-refractivity contribution >= 4 is 5.97 Å². The van der Waals surface area contributed by atoms with Crippen LogP contribution in [0, 0.1) is 0 Å². The van der Waals surface area contributed by atoms with E-state index in [1.54, 1.807) is 0 Å². The Morgan fingerprint density at radius 2 is 2.28 bits per heavy atom. The van der Waals surface area contributed by atoms with Crippen molar-refractivity contribution in [2.45, 2.75) is 32.1 Å². The maximum Gasteiger partial charge on any atom is 0.435 e. The molecule has 1 atom stereocenters. The molecule has 0 spiro atoms. The second-order valence-corrected chi connectivity index (χ2v) is 3.77. The Labute approximate surface area is 102 Å². The molecule has 1 heterocycles. The van der Waals surface area contributed by atoms with Gasteiger partial charge in [0.05, 0.1) is 6.54 Å². The fraction of sp³-hybridized carbons (Fsp3) is 0.600. The van der Waals surface area contributed by atoms with Gasteiger partial charge in [-0.2, -0.15) is 18.3 Å². The summed E-state index contributed by atoms with van der Waals surface area (Å²) in [6.45, 7) is 2.19. The normalized spacial score (nSPS) is 13.6. The van der Waals surface area contributed by atoms with E-state index in [2.05, 4.69) is 10.4 Å². The van der Waals surface area contributed by atoms with Gasteiger partial charge in [0.25, 0.3) is 0 Å². The molecule has 0 radical (unpaired) electrons. The lowest BCUT2D eigenvalue weighted by Crippen LogP contribution is -2.40. The molecule has 0 aliphatic carbocycles. The van der Waals surface area contributed by atoms with Gasteiger partial charge in [0.1, 0.15) is 6.04 Å². The van der Waals surface area contributed by atoms with Crippen LogP contribution in [-0.4, -0.2) is 33.4 Å². The zero-order valence-corrected chi connectivity index (χ0v) is 9.74. The average molecular weight is 265 g/mol. The lowest BCUT2D eigenvalue weighted by atomic mass is 10.3. The summed E-state index contributed by atoms with van der Waals surface area (Å²) < 4.78 is 37.9. The molecular formula is C10H14F3N3O2. The highest BCUT2D eigenvalue weighted by molar-refractivity contribution is 5.73. The Bertz CT molecular complexity index is 403. The van der Waals surface area contributed by atoms with Crippen molar-refractivity contribution in [3.8, 4) is 0 Å². The molecule has 0 fully saturated rings. The predicted molar refractivity (Wildman–Crippen MR) is 56.9 cm³/mol. The van der Waals surface area contributed by atoms with Crippen LogP contribution >= 0.6 is 0 Å². The number of rotatable bonds is 6. The highest BCUT2D eigenvalue weighted by Crippen LogP contribution is 2.27. The predicted octanol–water partition coefficient (Wildman–Crippen LogP) is 1.35. The Morgan fingerprint density at radius 1 is 1.61 bits per heavy atom. The largest absolute Gasteiger partial charge is 0.480 e. The number of nitrogens with zero attached hydrogens (tertiary/aromatic N) is 2. The Hall–Kier alpha value is -1.57. The van der Waals surface area contributed by atoms with E-state index in [0.29, 0.717) is 6.54 Å². The van der Waals surface area contributed by atoms with E-state index in [9.17, 15) is 18.0 Å². The molecule has 1 unspecified atom stereocenters. The molecule has 1 aromatic heterocycles. The third-order valence-corrected chi connectivity index (χ3v) is 2.24. The summed E-state index contributed by atoms with van der Waals surface area (Å²) in [7, 11) is 0. The van der Waals surface area contributed by atoms with E-state index in [0.717, 1.165) is 23.4 Å². The zero-order valence-electron chi connectivity index (χ0n) is 9.74.